The monoisotopic (exact) mass is 536 g/mol. The lowest BCUT2D eigenvalue weighted by molar-refractivity contribution is -0.0227. The van der Waals surface area contributed by atoms with Crippen molar-refractivity contribution in [2.45, 2.75) is 12.1 Å². The molecule has 2 heterocycles. The van der Waals surface area contributed by atoms with Crippen LogP contribution in [0.3, 0.4) is 0 Å². The second-order valence-electron chi connectivity index (χ2n) is 9.50. The van der Waals surface area contributed by atoms with E-state index in [2.05, 4.69) is 15.4 Å². The molecule has 11 heteroatoms. The number of carbonyl (C=O) groups is 1. The summed E-state index contributed by atoms with van der Waals surface area (Å²) in [6.45, 7) is 1.81. The number of β-amino-alcohol motifs (C(OH)–C–C–N with tert-alkyl or cyclic N) is 1. The molecule has 1 aliphatic heterocycles. The number of anilines is 2. The molecule has 202 valence electrons. The Hall–Kier alpha value is -4.22. The Balaban J connectivity index is 1.25. The van der Waals surface area contributed by atoms with Crippen LogP contribution in [-0.4, -0.2) is 63.4 Å². The first-order valence-electron chi connectivity index (χ1n) is 12.4. The quantitative estimate of drug-likeness (QED) is 0.358. The molecule has 39 heavy (non-hydrogen) atoms. The predicted octanol–water partition coefficient (Wildman–Crippen LogP) is 3.66. The van der Waals surface area contributed by atoms with Crippen LogP contribution in [0.25, 0.3) is 0 Å². The van der Waals surface area contributed by atoms with Crippen LogP contribution in [0.5, 0.6) is 0 Å². The summed E-state index contributed by atoms with van der Waals surface area (Å²) in [5.41, 5.74) is -0.529. The fraction of sp³-hybridized carbons (Fsp3) is 0.250. The summed E-state index contributed by atoms with van der Waals surface area (Å²) in [7, 11) is 0. The molecule has 1 fully saturated rings. The maximum Gasteiger partial charge on any atom is 0.255 e. The van der Waals surface area contributed by atoms with Crippen LogP contribution in [0, 0.1) is 17.5 Å². The molecule has 4 aromatic rings. The van der Waals surface area contributed by atoms with Gasteiger partial charge in [-0.3, -0.25) is 9.69 Å². The smallest absolute Gasteiger partial charge is 0.255 e. The van der Waals surface area contributed by atoms with Gasteiger partial charge in [0.1, 0.15) is 35.7 Å². The summed E-state index contributed by atoms with van der Waals surface area (Å²) in [6, 6.07) is 16.3. The first-order chi connectivity index (χ1) is 18.8. The summed E-state index contributed by atoms with van der Waals surface area (Å²) >= 11 is 0. The number of benzene rings is 3. The second-order valence-corrected chi connectivity index (χ2v) is 9.50. The highest BCUT2D eigenvalue weighted by Gasteiger charge is 2.36. The molecule has 0 spiro atoms. The largest absolute Gasteiger partial charge is 0.382 e. The van der Waals surface area contributed by atoms with E-state index in [-0.39, 0.29) is 24.6 Å². The van der Waals surface area contributed by atoms with Crippen molar-refractivity contribution in [3.63, 3.8) is 0 Å². The molecule has 0 saturated carbocycles. The van der Waals surface area contributed by atoms with E-state index in [0.29, 0.717) is 43.1 Å². The fourth-order valence-electron chi connectivity index (χ4n) is 4.82. The van der Waals surface area contributed by atoms with E-state index in [1.807, 2.05) is 15.9 Å². The Bertz CT molecular complexity index is 1430. The molecule has 8 nitrogen and oxygen atoms in total. The zero-order valence-corrected chi connectivity index (χ0v) is 21.0. The van der Waals surface area contributed by atoms with Gasteiger partial charge >= 0.3 is 0 Å². The van der Waals surface area contributed by atoms with Crippen LogP contribution < -0.4 is 10.2 Å². The number of rotatable bonds is 8. The molecule has 1 amide bonds. The molecular formula is C28H27F3N6O2. The van der Waals surface area contributed by atoms with Gasteiger partial charge < -0.3 is 15.3 Å². The lowest BCUT2D eigenvalue weighted by Gasteiger charge is -2.40. The minimum atomic E-state index is -1.71. The minimum absolute atomic E-state index is 0.0407. The third-order valence-corrected chi connectivity index (χ3v) is 6.76. The summed E-state index contributed by atoms with van der Waals surface area (Å²) in [5.74, 6) is -2.38. The first kappa shape index (κ1) is 26.4. The van der Waals surface area contributed by atoms with Gasteiger partial charge in [0.15, 0.2) is 0 Å². The summed E-state index contributed by atoms with van der Waals surface area (Å²) < 4.78 is 44.7. The van der Waals surface area contributed by atoms with Crippen LogP contribution >= 0.6 is 0 Å². The number of aromatic nitrogens is 3. The van der Waals surface area contributed by atoms with E-state index in [4.69, 9.17) is 0 Å². The number of aliphatic hydroxyl groups is 1. The van der Waals surface area contributed by atoms with Crippen molar-refractivity contribution in [1.29, 1.82) is 0 Å². The molecular weight excluding hydrogens is 509 g/mol. The first-order valence-corrected chi connectivity index (χ1v) is 12.4. The van der Waals surface area contributed by atoms with Gasteiger partial charge in [-0.25, -0.2) is 22.8 Å². The molecule has 1 aliphatic rings. The van der Waals surface area contributed by atoms with Gasteiger partial charge in [0.2, 0.25) is 0 Å². The van der Waals surface area contributed by atoms with Crippen LogP contribution in [0.15, 0.2) is 79.4 Å². The van der Waals surface area contributed by atoms with Gasteiger partial charge in [-0.2, -0.15) is 5.10 Å². The van der Waals surface area contributed by atoms with E-state index in [1.165, 1.54) is 29.5 Å². The third kappa shape index (κ3) is 6.10. The van der Waals surface area contributed by atoms with Crippen molar-refractivity contribution in [3.05, 3.63) is 108 Å². The molecule has 1 aromatic heterocycles. The topological polar surface area (TPSA) is 86.5 Å². The normalized spacial score (nSPS) is 15.6. The van der Waals surface area contributed by atoms with Crippen molar-refractivity contribution in [2.24, 2.45) is 0 Å². The van der Waals surface area contributed by atoms with E-state index in [9.17, 15) is 18.7 Å². The number of halogens is 3. The van der Waals surface area contributed by atoms with Gasteiger partial charge in [0, 0.05) is 55.6 Å². The van der Waals surface area contributed by atoms with Crippen molar-refractivity contribution < 1.29 is 23.1 Å². The molecule has 0 radical (unpaired) electrons. The van der Waals surface area contributed by atoms with Gasteiger partial charge in [-0.05, 0) is 36.4 Å². The van der Waals surface area contributed by atoms with Crippen LogP contribution in [-0.2, 0) is 12.1 Å². The molecule has 0 aliphatic carbocycles. The average molecular weight is 537 g/mol. The number of nitrogens with zero attached hydrogens (tertiary/aromatic N) is 5. The number of amides is 1. The highest BCUT2D eigenvalue weighted by atomic mass is 19.1. The van der Waals surface area contributed by atoms with Crippen molar-refractivity contribution in [2.75, 3.05) is 42.9 Å². The lowest BCUT2D eigenvalue weighted by Crippen LogP contribution is -2.52. The van der Waals surface area contributed by atoms with Crippen LogP contribution in [0.1, 0.15) is 15.9 Å². The molecule has 3 aromatic carbocycles. The lowest BCUT2D eigenvalue weighted by atomic mass is 9.92. The Morgan fingerprint density at radius 1 is 0.923 bits per heavy atom. The molecule has 2 N–H and O–H groups in total. The maximum atomic E-state index is 15.0. The van der Waals surface area contributed by atoms with Gasteiger partial charge in [0.05, 0.1) is 12.2 Å². The van der Waals surface area contributed by atoms with Crippen molar-refractivity contribution in [1.82, 2.24) is 19.7 Å². The van der Waals surface area contributed by atoms with Gasteiger partial charge in [-0.1, -0.05) is 24.3 Å². The zero-order valence-electron chi connectivity index (χ0n) is 21.0. The molecule has 0 bridgehead atoms. The second kappa shape index (κ2) is 11.3. The summed E-state index contributed by atoms with van der Waals surface area (Å²) in [6.07, 6.45) is 2.73. The maximum absolute atomic E-state index is 15.0. The highest BCUT2D eigenvalue weighted by molar-refractivity contribution is 6.04. The fourth-order valence-corrected chi connectivity index (χ4v) is 4.82. The van der Waals surface area contributed by atoms with Crippen LogP contribution in [0.2, 0.25) is 0 Å². The third-order valence-electron chi connectivity index (χ3n) is 6.76. The SMILES string of the molecule is O=C(Nc1ccc(N2CCN(CC(O)(Cn3cncn3)c3ccc(F)cc3F)CC2)c(F)c1)c1ccccc1. The molecule has 1 unspecified atom stereocenters. The highest BCUT2D eigenvalue weighted by Crippen LogP contribution is 2.29. The summed E-state index contributed by atoms with van der Waals surface area (Å²) in [4.78, 5) is 20.1. The predicted molar refractivity (Wildman–Crippen MR) is 140 cm³/mol. The van der Waals surface area contributed by atoms with Crippen LogP contribution in [0.4, 0.5) is 24.5 Å². The Kier molecular flexibility index (Phi) is 7.62. The Labute approximate surface area is 223 Å². The number of hydrogen-bond acceptors (Lipinski definition) is 6. The van der Waals surface area contributed by atoms with E-state index in [1.54, 1.807) is 36.4 Å². The zero-order chi connectivity index (χ0) is 27.4. The molecule has 1 saturated heterocycles. The van der Waals surface area contributed by atoms with E-state index >= 15 is 4.39 Å². The standard InChI is InChI=1S/C28H27F3N6O2/c29-21-6-8-23(24(30)14-21)28(39,17-37-19-32-18-33-37)16-35-10-12-36(13-11-35)26-9-7-22(15-25(26)31)34-27(38)20-4-2-1-3-5-20/h1-9,14-15,18-19,39H,10-13,16-17H2,(H,34,38). The Morgan fingerprint density at radius 2 is 1.69 bits per heavy atom. The Morgan fingerprint density at radius 3 is 2.36 bits per heavy atom. The van der Waals surface area contributed by atoms with Crippen molar-refractivity contribution >= 4 is 17.3 Å². The van der Waals surface area contributed by atoms with Crippen molar-refractivity contribution in [3.8, 4) is 0 Å². The van der Waals surface area contributed by atoms with E-state index in [0.717, 1.165) is 12.1 Å². The minimum Gasteiger partial charge on any atom is -0.382 e. The van der Waals surface area contributed by atoms with Gasteiger partial charge in [0.25, 0.3) is 5.91 Å². The molecule has 1 atom stereocenters. The molecule has 5 rings (SSSR count). The summed E-state index contributed by atoms with van der Waals surface area (Å²) in [5, 5.41) is 18.3. The average Bonchev–Trinajstić information content (AvgIpc) is 3.42. The number of piperazine rings is 1. The van der Waals surface area contributed by atoms with Gasteiger partial charge in [-0.15, -0.1) is 0 Å². The number of carbonyl (C=O) groups excluding carboxylic acids is 1. The number of hydrogen-bond donors (Lipinski definition) is 2. The number of nitrogens with one attached hydrogen (secondary N) is 1. The van der Waals surface area contributed by atoms with E-state index < -0.39 is 23.1 Å².